The third kappa shape index (κ3) is 2.79. The van der Waals surface area contributed by atoms with Crippen LogP contribution in [-0.4, -0.2) is 12.5 Å². The van der Waals surface area contributed by atoms with E-state index < -0.39 is 23.1 Å². The number of hydrogen-bond acceptors (Lipinski definition) is 2. The van der Waals surface area contributed by atoms with Crippen molar-refractivity contribution in [3.63, 3.8) is 0 Å². The highest BCUT2D eigenvalue weighted by Gasteiger charge is 2.35. The first-order valence-corrected chi connectivity index (χ1v) is 5.42. The number of nitrogens with two attached hydrogens (primary N) is 1. The molecule has 17 heavy (non-hydrogen) atoms. The molecule has 0 aromatic heterocycles. The highest BCUT2D eigenvalue weighted by molar-refractivity contribution is 5.85. The number of benzene rings is 1. The van der Waals surface area contributed by atoms with Crippen LogP contribution in [0.2, 0.25) is 0 Å². The summed E-state index contributed by atoms with van der Waals surface area (Å²) in [6.45, 7) is 3.83. The summed E-state index contributed by atoms with van der Waals surface area (Å²) in [7, 11) is 0. The van der Waals surface area contributed by atoms with Crippen LogP contribution in [0.3, 0.4) is 0 Å². The van der Waals surface area contributed by atoms with Gasteiger partial charge in [-0.05, 0) is 38.1 Å². The summed E-state index contributed by atoms with van der Waals surface area (Å²) >= 11 is 0. The van der Waals surface area contributed by atoms with Crippen LogP contribution in [0.1, 0.15) is 25.8 Å². The van der Waals surface area contributed by atoms with Gasteiger partial charge in [0, 0.05) is 5.56 Å². The molecule has 0 fully saturated rings. The normalized spacial score (nSPS) is 14.4. The summed E-state index contributed by atoms with van der Waals surface area (Å²) in [5.74, 6) is -2.00. The van der Waals surface area contributed by atoms with Crippen LogP contribution in [-0.2, 0) is 10.3 Å². The molecule has 1 atom stereocenters. The van der Waals surface area contributed by atoms with Gasteiger partial charge in [-0.1, -0.05) is 6.92 Å². The molecule has 0 heterocycles. The van der Waals surface area contributed by atoms with Gasteiger partial charge in [0.05, 0.1) is 0 Å². The van der Waals surface area contributed by atoms with Gasteiger partial charge in [0.15, 0.2) is 0 Å². The SMILES string of the molecule is CCCNC(C)(C(N)=O)c1cc(F)ccc1F. The smallest absolute Gasteiger partial charge is 0.242 e. The molecule has 1 aromatic carbocycles. The minimum atomic E-state index is -1.40. The Hall–Kier alpha value is -1.49. The van der Waals surface area contributed by atoms with E-state index in [1.165, 1.54) is 6.92 Å². The minimum absolute atomic E-state index is 0.0709. The number of primary amides is 1. The van der Waals surface area contributed by atoms with Gasteiger partial charge in [-0.15, -0.1) is 0 Å². The third-order valence-corrected chi connectivity index (χ3v) is 2.69. The van der Waals surface area contributed by atoms with Gasteiger partial charge in [0.2, 0.25) is 5.91 Å². The fraction of sp³-hybridized carbons (Fsp3) is 0.417. The second-order valence-corrected chi connectivity index (χ2v) is 4.04. The van der Waals surface area contributed by atoms with Crippen molar-refractivity contribution < 1.29 is 13.6 Å². The van der Waals surface area contributed by atoms with E-state index in [0.717, 1.165) is 24.6 Å². The van der Waals surface area contributed by atoms with Crippen molar-refractivity contribution in [3.8, 4) is 0 Å². The number of rotatable bonds is 5. The number of amides is 1. The molecule has 0 saturated carbocycles. The van der Waals surface area contributed by atoms with E-state index in [1.54, 1.807) is 0 Å². The fourth-order valence-corrected chi connectivity index (χ4v) is 1.57. The Kier molecular flexibility index (Phi) is 4.17. The minimum Gasteiger partial charge on any atom is -0.368 e. The maximum Gasteiger partial charge on any atom is 0.242 e. The lowest BCUT2D eigenvalue weighted by Gasteiger charge is -2.28. The lowest BCUT2D eigenvalue weighted by Crippen LogP contribution is -2.51. The standard InChI is InChI=1S/C12H16F2N2O/c1-3-6-16-12(2,11(15)17)9-7-8(13)4-5-10(9)14/h4-5,7,16H,3,6H2,1-2H3,(H2,15,17). The Morgan fingerprint density at radius 3 is 2.65 bits per heavy atom. The van der Waals surface area contributed by atoms with Gasteiger partial charge in [0.25, 0.3) is 0 Å². The molecule has 3 nitrogen and oxygen atoms in total. The highest BCUT2D eigenvalue weighted by atomic mass is 19.1. The van der Waals surface area contributed by atoms with Gasteiger partial charge in [-0.3, -0.25) is 10.1 Å². The van der Waals surface area contributed by atoms with Crippen LogP contribution in [0.25, 0.3) is 0 Å². The Labute approximate surface area is 99.0 Å². The predicted molar refractivity (Wildman–Crippen MR) is 61.2 cm³/mol. The van der Waals surface area contributed by atoms with E-state index in [4.69, 9.17) is 5.73 Å². The number of halogens is 2. The molecule has 0 saturated heterocycles. The number of nitrogens with one attached hydrogen (secondary N) is 1. The lowest BCUT2D eigenvalue weighted by atomic mass is 9.90. The van der Waals surface area contributed by atoms with E-state index >= 15 is 0 Å². The van der Waals surface area contributed by atoms with Crippen LogP contribution in [0.5, 0.6) is 0 Å². The molecule has 5 heteroatoms. The molecule has 0 bridgehead atoms. The molecule has 3 N–H and O–H groups in total. The van der Waals surface area contributed by atoms with Crippen LogP contribution in [0.4, 0.5) is 8.78 Å². The Morgan fingerprint density at radius 2 is 2.12 bits per heavy atom. The maximum atomic E-state index is 13.6. The summed E-state index contributed by atoms with van der Waals surface area (Å²) in [4.78, 5) is 11.5. The van der Waals surface area contributed by atoms with Gasteiger partial charge in [-0.2, -0.15) is 0 Å². The lowest BCUT2D eigenvalue weighted by molar-refractivity contribution is -0.124. The van der Waals surface area contributed by atoms with Crippen LogP contribution in [0.15, 0.2) is 18.2 Å². The molecule has 1 amide bonds. The van der Waals surface area contributed by atoms with Crippen molar-refractivity contribution in [2.75, 3.05) is 6.54 Å². The molecular formula is C12H16F2N2O. The molecule has 1 aromatic rings. The topological polar surface area (TPSA) is 55.1 Å². The quantitative estimate of drug-likeness (QED) is 0.825. The zero-order valence-electron chi connectivity index (χ0n) is 9.89. The van der Waals surface area contributed by atoms with Gasteiger partial charge < -0.3 is 5.73 Å². The van der Waals surface area contributed by atoms with E-state index in [0.29, 0.717) is 6.54 Å². The van der Waals surface area contributed by atoms with Crippen molar-refractivity contribution in [3.05, 3.63) is 35.4 Å². The largest absolute Gasteiger partial charge is 0.368 e. The third-order valence-electron chi connectivity index (χ3n) is 2.69. The molecule has 0 aliphatic heterocycles. The summed E-state index contributed by atoms with van der Waals surface area (Å²) in [6, 6.07) is 2.97. The summed E-state index contributed by atoms with van der Waals surface area (Å²) in [5, 5.41) is 2.85. The predicted octanol–water partition coefficient (Wildman–Crippen LogP) is 1.66. The van der Waals surface area contributed by atoms with Crippen LogP contribution >= 0.6 is 0 Å². The highest BCUT2D eigenvalue weighted by Crippen LogP contribution is 2.24. The Bertz CT molecular complexity index is 423. The number of hydrogen-bond donors (Lipinski definition) is 2. The first kappa shape index (κ1) is 13.6. The zero-order valence-corrected chi connectivity index (χ0v) is 9.89. The van der Waals surface area contributed by atoms with E-state index in [-0.39, 0.29) is 5.56 Å². The second-order valence-electron chi connectivity index (χ2n) is 4.04. The van der Waals surface area contributed by atoms with Crippen molar-refractivity contribution in [1.82, 2.24) is 5.32 Å². The molecule has 0 radical (unpaired) electrons. The molecule has 0 aliphatic carbocycles. The average Bonchev–Trinajstić information content (AvgIpc) is 2.29. The van der Waals surface area contributed by atoms with E-state index in [2.05, 4.69) is 5.32 Å². The van der Waals surface area contributed by atoms with E-state index in [9.17, 15) is 13.6 Å². The van der Waals surface area contributed by atoms with Crippen molar-refractivity contribution >= 4 is 5.91 Å². The van der Waals surface area contributed by atoms with E-state index in [1.807, 2.05) is 6.92 Å². The van der Waals surface area contributed by atoms with Gasteiger partial charge in [0.1, 0.15) is 17.2 Å². The van der Waals surface area contributed by atoms with Crippen molar-refractivity contribution in [2.45, 2.75) is 25.8 Å². The van der Waals surface area contributed by atoms with Gasteiger partial charge >= 0.3 is 0 Å². The maximum absolute atomic E-state index is 13.6. The monoisotopic (exact) mass is 242 g/mol. The number of carbonyl (C=O) groups excluding carboxylic acids is 1. The molecule has 1 rings (SSSR count). The van der Waals surface area contributed by atoms with Crippen molar-refractivity contribution in [2.24, 2.45) is 5.73 Å². The van der Waals surface area contributed by atoms with Crippen LogP contribution < -0.4 is 11.1 Å². The first-order chi connectivity index (χ1) is 7.91. The fourth-order valence-electron chi connectivity index (χ4n) is 1.57. The van der Waals surface area contributed by atoms with Crippen LogP contribution in [0, 0.1) is 11.6 Å². The molecule has 0 spiro atoms. The van der Waals surface area contributed by atoms with Crippen molar-refractivity contribution in [1.29, 1.82) is 0 Å². The molecule has 0 aliphatic rings. The Morgan fingerprint density at radius 1 is 1.47 bits per heavy atom. The summed E-state index contributed by atoms with van der Waals surface area (Å²) in [5.41, 5.74) is 3.80. The molecular weight excluding hydrogens is 226 g/mol. The average molecular weight is 242 g/mol. The first-order valence-electron chi connectivity index (χ1n) is 5.42. The summed E-state index contributed by atoms with van der Waals surface area (Å²) in [6.07, 6.45) is 0.750. The molecule has 1 unspecified atom stereocenters. The molecule has 94 valence electrons. The number of carbonyl (C=O) groups is 1. The Balaban J connectivity index is 3.21. The summed E-state index contributed by atoms with van der Waals surface area (Å²) < 4.78 is 26.8. The van der Waals surface area contributed by atoms with Gasteiger partial charge in [-0.25, -0.2) is 8.78 Å². The zero-order chi connectivity index (χ0) is 13.1. The second kappa shape index (κ2) is 5.23.